The Hall–Kier alpha value is -2.40. The van der Waals surface area contributed by atoms with Gasteiger partial charge >= 0.3 is 0 Å². The van der Waals surface area contributed by atoms with Crippen LogP contribution < -0.4 is 11.1 Å². The number of nitrogens with one attached hydrogen (secondary N) is 1. The van der Waals surface area contributed by atoms with E-state index in [1.165, 1.54) is 5.56 Å². The minimum absolute atomic E-state index is 0.299. The number of nitrogens with zero attached hydrogens (tertiary/aromatic N) is 3. The summed E-state index contributed by atoms with van der Waals surface area (Å²) in [5.41, 5.74) is 11.1. The van der Waals surface area contributed by atoms with Crippen molar-refractivity contribution in [2.75, 3.05) is 13.1 Å². The van der Waals surface area contributed by atoms with E-state index in [1.807, 2.05) is 6.07 Å². The predicted octanol–water partition coefficient (Wildman–Crippen LogP) is 2.82. The van der Waals surface area contributed by atoms with Gasteiger partial charge < -0.3 is 16.0 Å². The van der Waals surface area contributed by atoms with Crippen molar-refractivity contribution in [3.05, 3.63) is 60.4 Å². The Bertz CT molecular complexity index is 689. The summed E-state index contributed by atoms with van der Waals surface area (Å²) < 4.78 is 0. The highest BCUT2D eigenvalue weighted by Gasteiger charge is 2.28. The molecule has 3 rings (SSSR count). The van der Waals surface area contributed by atoms with E-state index in [2.05, 4.69) is 57.8 Å². The molecular weight excluding hydrogens is 310 g/mol. The van der Waals surface area contributed by atoms with Crippen LogP contribution in [0.25, 0.3) is 0 Å². The van der Waals surface area contributed by atoms with Gasteiger partial charge in [0.05, 0.1) is 17.5 Å². The fraction of sp³-hybridized carbons (Fsp3) is 0.400. The molecule has 1 aromatic carbocycles. The molecular formula is C20H27N5. The Kier molecular flexibility index (Phi) is 5.66. The molecule has 0 aromatic heterocycles. The molecule has 3 N–H and O–H groups in total. The first-order valence-electron chi connectivity index (χ1n) is 8.89. The van der Waals surface area contributed by atoms with E-state index in [-0.39, 0.29) is 0 Å². The average Bonchev–Trinajstić information content (AvgIpc) is 3.29. The molecule has 0 bridgehead atoms. The lowest BCUT2D eigenvalue weighted by atomic mass is 10.1. The van der Waals surface area contributed by atoms with Crippen LogP contribution in [0, 0.1) is 0 Å². The molecule has 0 radical (unpaired) electrons. The second kappa shape index (κ2) is 8.12. The lowest BCUT2D eigenvalue weighted by molar-refractivity contribution is 0.340. The summed E-state index contributed by atoms with van der Waals surface area (Å²) in [5.74, 6) is 0. The topological polar surface area (TPSA) is 66.0 Å². The molecule has 2 aliphatic rings. The highest BCUT2D eigenvalue weighted by molar-refractivity contribution is 6.08. The number of hydrogen-bond acceptors (Lipinski definition) is 5. The lowest BCUT2D eigenvalue weighted by Gasteiger charge is -2.30. The van der Waals surface area contributed by atoms with Gasteiger partial charge in [0.25, 0.3) is 0 Å². The van der Waals surface area contributed by atoms with E-state index >= 15 is 0 Å². The Morgan fingerprint density at radius 1 is 1.20 bits per heavy atom. The van der Waals surface area contributed by atoms with Crippen molar-refractivity contribution >= 4 is 11.4 Å². The summed E-state index contributed by atoms with van der Waals surface area (Å²) in [6.45, 7) is 10.9. The zero-order valence-corrected chi connectivity index (χ0v) is 14.7. The van der Waals surface area contributed by atoms with Gasteiger partial charge in [0.1, 0.15) is 0 Å². The smallest absolute Gasteiger partial charge is 0.0680 e. The molecule has 2 aliphatic heterocycles. The van der Waals surface area contributed by atoms with Crippen LogP contribution in [0.1, 0.15) is 31.2 Å². The normalized spacial score (nSPS) is 19.6. The molecule has 5 nitrogen and oxygen atoms in total. The first kappa shape index (κ1) is 17.4. The van der Waals surface area contributed by atoms with Gasteiger partial charge in [-0.25, -0.2) is 0 Å². The zero-order valence-electron chi connectivity index (χ0n) is 14.7. The fourth-order valence-electron chi connectivity index (χ4n) is 3.43. The maximum Gasteiger partial charge on any atom is 0.0680 e. The van der Waals surface area contributed by atoms with Crippen molar-refractivity contribution in [1.82, 2.24) is 10.2 Å². The molecule has 0 amide bonds. The monoisotopic (exact) mass is 337 g/mol. The lowest BCUT2D eigenvalue weighted by Crippen LogP contribution is -2.35. The van der Waals surface area contributed by atoms with Crippen molar-refractivity contribution in [2.24, 2.45) is 15.9 Å². The van der Waals surface area contributed by atoms with Crippen LogP contribution in [0.15, 0.2) is 65.1 Å². The number of hydrogen-bond donors (Lipinski definition) is 2. The predicted molar refractivity (Wildman–Crippen MR) is 104 cm³/mol. The third kappa shape index (κ3) is 4.37. The molecule has 2 heterocycles. The first-order chi connectivity index (χ1) is 12.2. The summed E-state index contributed by atoms with van der Waals surface area (Å²) in [4.78, 5) is 2.36. The number of rotatable bonds is 8. The van der Waals surface area contributed by atoms with Crippen molar-refractivity contribution in [1.29, 1.82) is 0 Å². The van der Waals surface area contributed by atoms with Gasteiger partial charge in [0.2, 0.25) is 0 Å². The molecule has 1 fully saturated rings. The SMILES string of the molecule is C=C(NCc1ccccc1)C1CCCN1C(=C)CC1=NN=C(CN)C1. The fourth-order valence-corrected chi connectivity index (χ4v) is 3.43. The van der Waals surface area contributed by atoms with Gasteiger partial charge in [-0.3, -0.25) is 0 Å². The van der Waals surface area contributed by atoms with Crippen LogP contribution in [0.5, 0.6) is 0 Å². The van der Waals surface area contributed by atoms with Gasteiger partial charge in [0.15, 0.2) is 0 Å². The van der Waals surface area contributed by atoms with Crippen LogP contribution in [0.3, 0.4) is 0 Å². The van der Waals surface area contributed by atoms with Gasteiger partial charge in [-0.1, -0.05) is 43.5 Å². The third-order valence-corrected chi connectivity index (χ3v) is 4.81. The van der Waals surface area contributed by atoms with Crippen LogP contribution >= 0.6 is 0 Å². The second-order valence-electron chi connectivity index (χ2n) is 6.67. The highest BCUT2D eigenvalue weighted by atomic mass is 15.2. The average molecular weight is 337 g/mol. The van der Waals surface area contributed by atoms with Crippen LogP contribution in [0.2, 0.25) is 0 Å². The van der Waals surface area contributed by atoms with E-state index in [0.717, 1.165) is 61.6 Å². The summed E-state index contributed by atoms with van der Waals surface area (Å²) in [6.07, 6.45) is 3.81. The molecule has 1 atom stereocenters. The minimum atomic E-state index is 0.299. The summed E-state index contributed by atoms with van der Waals surface area (Å²) in [7, 11) is 0. The van der Waals surface area contributed by atoms with Crippen molar-refractivity contribution < 1.29 is 0 Å². The largest absolute Gasteiger partial charge is 0.383 e. The van der Waals surface area contributed by atoms with Crippen LogP contribution in [0.4, 0.5) is 0 Å². The molecule has 132 valence electrons. The van der Waals surface area contributed by atoms with Crippen molar-refractivity contribution in [3.63, 3.8) is 0 Å². The number of nitrogens with two attached hydrogens (primary N) is 1. The second-order valence-corrected chi connectivity index (χ2v) is 6.67. The summed E-state index contributed by atoms with van der Waals surface area (Å²) in [5, 5.41) is 11.9. The molecule has 1 saturated heterocycles. The van der Waals surface area contributed by atoms with Crippen molar-refractivity contribution in [3.8, 4) is 0 Å². The van der Waals surface area contributed by atoms with Crippen LogP contribution in [-0.4, -0.2) is 35.5 Å². The van der Waals surface area contributed by atoms with E-state index in [4.69, 9.17) is 5.73 Å². The van der Waals surface area contributed by atoms with E-state index in [9.17, 15) is 0 Å². The molecule has 1 unspecified atom stereocenters. The van der Waals surface area contributed by atoms with E-state index in [1.54, 1.807) is 0 Å². The number of allylic oxidation sites excluding steroid dienone is 1. The maximum atomic E-state index is 5.64. The molecule has 0 aliphatic carbocycles. The molecule has 0 spiro atoms. The van der Waals surface area contributed by atoms with Crippen molar-refractivity contribution in [2.45, 2.75) is 38.3 Å². The van der Waals surface area contributed by atoms with Gasteiger partial charge in [-0.05, 0) is 18.4 Å². The number of benzene rings is 1. The number of likely N-dealkylation sites (tertiary alicyclic amines) is 1. The minimum Gasteiger partial charge on any atom is -0.383 e. The Labute approximate surface area is 150 Å². The standard InChI is InChI=1S/C20H27N5/c1-15(11-18-12-19(13-21)24-23-18)25-10-6-9-20(25)16(2)22-14-17-7-4-3-5-8-17/h3-5,7-8,20,22H,1-2,6,9-14,21H2. The first-order valence-corrected chi connectivity index (χ1v) is 8.89. The van der Waals surface area contributed by atoms with E-state index < -0.39 is 0 Å². The van der Waals surface area contributed by atoms with Gasteiger partial charge in [0, 0.05) is 43.9 Å². The third-order valence-electron chi connectivity index (χ3n) is 4.81. The summed E-state index contributed by atoms with van der Waals surface area (Å²) in [6, 6.07) is 10.7. The molecule has 25 heavy (non-hydrogen) atoms. The van der Waals surface area contributed by atoms with Gasteiger partial charge in [-0.2, -0.15) is 10.2 Å². The van der Waals surface area contributed by atoms with E-state index in [0.29, 0.717) is 12.6 Å². The van der Waals surface area contributed by atoms with Crippen LogP contribution in [-0.2, 0) is 6.54 Å². The molecule has 1 aromatic rings. The quantitative estimate of drug-likeness (QED) is 0.766. The van der Waals surface area contributed by atoms with Gasteiger partial charge in [-0.15, -0.1) is 0 Å². The Morgan fingerprint density at radius 3 is 2.68 bits per heavy atom. The molecule has 0 saturated carbocycles. The summed E-state index contributed by atoms with van der Waals surface area (Å²) >= 11 is 0. The maximum absolute atomic E-state index is 5.64. The zero-order chi connectivity index (χ0) is 17.6. The Balaban J connectivity index is 1.53. The Morgan fingerprint density at radius 2 is 1.96 bits per heavy atom. The highest BCUT2D eigenvalue weighted by Crippen LogP contribution is 2.27. The molecule has 5 heteroatoms.